The topological polar surface area (TPSA) is 0 Å². The lowest BCUT2D eigenvalue weighted by Crippen LogP contribution is -1.82. The highest BCUT2D eigenvalue weighted by molar-refractivity contribution is 7.99. The van der Waals surface area contributed by atoms with E-state index in [0.717, 1.165) is 6.42 Å². The Labute approximate surface area is 69.8 Å². The van der Waals surface area contributed by atoms with Crippen LogP contribution in [0.3, 0.4) is 0 Å². The zero-order valence-corrected chi connectivity index (χ0v) is 7.88. The highest BCUT2D eigenvalue weighted by Crippen LogP contribution is 2.07. The van der Waals surface area contributed by atoms with Crippen molar-refractivity contribution in [3.63, 3.8) is 0 Å². The molecular weight excluding hydrogens is 140 g/mol. The molecule has 0 aliphatic heterocycles. The number of unbranched alkanes of at least 4 members (excludes halogenated alkanes) is 3. The Balaban J connectivity index is 2.65. The van der Waals surface area contributed by atoms with Gasteiger partial charge in [-0.2, -0.15) is 11.8 Å². The average Bonchev–Trinajstić information content (AvgIpc) is 1.97. The summed E-state index contributed by atoms with van der Waals surface area (Å²) in [6, 6.07) is 0. The van der Waals surface area contributed by atoms with Crippen LogP contribution in [0, 0.1) is 6.92 Å². The van der Waals surface area contributed by atoms with Crippen molar-refractivity contribution in [2.75, 3.05) is 11.5 Å². The Morgan fingerprint density at radius 2 is 1.90 bits per heavy atom. The fourth-order valence-corrected chi connectivity index (χ4v) is 1.65. The molecule has 61 valence electrons. The van der Waals surface area contributed by atoms with Crippen molar-refractivity contribution < 1.29 is 0 Å². The van der Waals surface area contributed by atoms with Gasteiger partial charge in [0, 0.05) is 0 Å². The molecule has 0 amide bonds. The molecule has 0 saturated heterocycles. The van der Waals surface area contributed by atoms with E-state index in [2.05, 4.69) is 13.8 Å². The summed E-state index contributed by atoms with van der Waals surface area (Å²) in [7, 11) is 0. The third-order valence-corrected chi connectivity index (χ3v) is 2.59. The first kappa shape index (κ1) is 10.3. The second kappa shape index (κ2) is 9.35. The van der Waals surface area contributed by atoms with Crippen molar-refractivity contribution in [3.05, 3.63) is 6.92 Å². The van der Waals surface area contributed by atoms with Crippen LogP contribution in [-0.4, -0.2) is 11.5 Å². The summed E-state index contributed by atoms with van der Waals surface area (Å²) >= 11 is 2.04. The maximum Gasteiger partial charge on any atom is -0.00675 e. The average molecular weight is 159 g/mol. The van der Waals surface area contributed by atoms with Crippen LogP contribution in [0.1, 0.15) is 39.0 Å². The molecule has 0 rings (SSSR count). The monoisotopic (exact) mass is 159 g/mol. The molecule has 0 nitrogen and oxygen atoms in total. The second-order valence-electron chi connectivity index (χ2n) is 2.53. The lowest BCUT2D eigenvalue weighted by molar-refractivity contribution is 0.706. The van der Waals surface area contributed by atoms with E-state index < -0.39 is 0 Å². The van der Waals surface area contributed by atoms with E-state index in [0.29, 0.717) is 0 Å². The van der Waals surface area contributed by atoms with Gasteiger partial charge in [-0.25, -0.2) is 0 Å². The lowest BCUT2D eigenvalue weighted by atomic mass is 10.2. The molecule has 0 aliphatic carbocycles. The lowest BCUT2D eigenvalue weighted by Gasteiger charge is -1.97. The van der Waals surface area contributed by atoms with E-state index in [1.807, 2.05) is 11.8 Å². The molecule has 1 radical (unpaired) electrons. The largest absolute Gasteiger partial charge is 0.162 e. The number of rotatable bonds is 7. The van der Waals surface area contributed by atoms with E-state index >= 15 is 0 Å². The zero-order chi connectivity index (χ0) is 7.66. The molecule has 0 unspecified atom stereocenters. The first-order valence-corrected chi connectivity index (χ1v) is 5.44. The van der Waals surface area contributed by atoms with Crippen LogP contribution in [0.4, 0.5) is 0 Å². The predicted molar refractivity (Wildman–Crippen MR) is 51.4 cm³/mol. The molecule has 10 heavy (non-hydrogen) atoms. The second-order valence-corrected chi connectivity index (χ2v) is 3.75. The van der Waals surface area contributed by atoms with Gasteiger partial charge in [0.05, 0.1) is 0 Å². The van der Waals surface area contributed by atoms with Crippen molar-refractivity contribution >= 4 is 11.8 Å². The van der Waals surface area contributed by atoms with Crippen LogP contribution < -0.4 is 0 Å². The Kier molecular flexibility index (Phi) is 9.68. The summed E-state index contributed by atoms with van der Waals surface area (Å²) in [5.74, 6) is 2.58. The van der Waals surface area contributed by atoms with Gasteiger partial charge in [0.15, 0.2) is 0 Å². The first-order chi connectivity index (χ1) is 4.91. The number of thioether (sulfide) groups is 1. The maximum absolute atomic E-state index is 3.80. The van der Waals surface area contributed by atoms with Crippen LogP contribution in [0.25, 0.3) is 0 Å². The molecule has 0 aromatic carbocycles. The van der Waals surface area contributed by atoms with E-state index in [4.69, 9.17) is 0 Å². The van der Waals surface area contributed by atoms with Gasteiger partial charge in [0.2, 0.25) is 0 Å². The summed E-state index contributed by atoms with van der Waals surface area (Å²) in [5.41, 5.74) is 0. The SMILES string of the molecule is [CH2]CCSCCCCCC. The summed E-state index contributed by atoms with van der Waals surface area (Å²) in [6.07, 6.45) is 6.66. The Bertz CT molecular complexity index is 44.7. The first-order valence-electron chi connectivity index (χ1n) is 4.28. The van der Waals surface area contributed by atoms with E-state index in [1.165, 1.54) is 37.2 Å². The standard InChI is InChI=1S/C9H19S/c1-3-5-6-7-9-10-8-4-2/h2-9H2,1H3. The molecule has 0 aromatic heterocycles. The molecule has 0 fully saturated rings. The van der Waals surface area contributed by atoms with Gasteiger partial charge in [-0.1, -0.05) is 33.1 Å². The van der Waals surface area contributed by atoms with Crippen LogP contribution in [-0.2, 0) is 0 Å². The molecule has 0 saturated carbocycles. The molecule has 0 bridgehead atoms. The van der Waals surface area contributed by atoms with Crippen molar-refractivity contribution in [2.24, 2.45) is 0 Å². The maximum atomic E-state index is 3.80. The Hall–Kier alpha value is 0.350. The van der Waals surface area contributed by atoms with E-state index in [-0.39, 0.29) is 0 Å². The summed E-state index contributed by atoms with van der Waals surface area (Å²) in [4.78, 5) is 0. The molecule has 0 spiro atoms. The fourth-order valence-electron chi connectivity index (χ4n) is 0.835. The summed E-state index contributed by atoms with van der Waals surface area (Å²) in [5, 5.41) is 0. The van der Waals surface area contributed by atoms with Crippen LogP contribution >= 0.6 is 11.8 Å². The van der Waals surface area contributed by atoms with Gasteiger partial charge >= 0.3 is 0 Å². The smallest absolute Gasteiger partial charge is 0.00675 e. The van der Waals surface area contributed by atoms with Gasteiger partial charge in [-0.05, 0) is 24.3 Å². The normalized spacial score (nSPS) is 10.2. The summed E-state index contributed by atoms with van der Waals surface area (Å²) in [6.45, 7) is 6.05. The molecule has 0 heterocycles. The predicted octanol–water partition coefficient (Wildman–Crippen LogP) is 3.52. The van der Waals surface area contributed by atoms with Crippen LogP contribution in [0.2, 0.25) is 0 Å². The highest BCUT2D eigenvalue weighted by atomic mass is 32.2. The third-order valence-electron chi connectivity index (χ3n) is 1.43. The van der Waals surface area contributed by atoms with Gasteiger partial charge in [0.25, 0.3) is 0 Å². The molecular formula is C9H19S. The number of hydrogen-bond donors (Lipinski definition) is 0. The molecule has 0 N–H and O–H groups in total. The van der Waals surface area contributed by atoms with Crippen LogP contribution in [0.15, 0.2) is 0 Å². The minimum absolute atomic E-state index is 1.08. The van der Waals surface area contributed by atoms with Crippen molar-refractivity contribution in [1.29, 1.82) is 0 Å². The molecule has 0 aliphatic rings. The fraction of sp³-hybridized carbons (Fsp3) is 0.889. The third kappa shape index (κ3) is 8.35. The van der Waals surface area contributed by atoms with E-state index in [1.54, 1.807) is 0 Å². The van der Waals surface area contributed by atoms with Crippen molar-refractivity contribution in [2.45, 2.75) is 39.0 Å². The van der Waals surface area contributed by atoms with Gasteiger partial charge in [0.1, 0.15) is 0 Å². The van der Waals surface area contributed by atoms with E-state index in [9.17, 15) is 0 Å². The van der Waals surface area contributed by atoms with Crippen molar-refractivity contribution in [3.8, 4) is 0 Å². The molecule has 0 atom stereocenters. The van der Waals surface area contributed by atoms with Crippen molar-refractivity contribution in [1.82, 2.24) is 0 Å². The van der Waals surface area contributed by atoms with Crippen LogP contribution in [0.5, 0.6) is 0 Å². The minimum Gasteiger partial charge on any atom is -0.162 e. The Morgan fingerprint density at radius 3 is 2.50 bits per heavy atom. The van der Waals surface area contributed by atoms with Gasteiger partial charge < -0.3 is 0 Å². The van der Waals surface area contributed by atoms with Gasteiger partial charge in [-0.15, -0.1) is 0 Å². The molecule has 0 aromatic rings. The summed E-state index contributed by atoms with van der Waals surface area (Å²) < 4.78 is 0. The number of hydrogen-bond acceptors (Lipinski definition) is 1. The molecule has 1 heteroatoms. The minimum atomic E-state index is 1.08. The quantitative estimate of drug-likeness (QED) is 0.512. The van der Waals surface area contributed by atoms with Gasteiger partial charge in [-0.3, -0.25) is 0 Å². The zero-order valence-electron chi connectivity index (χ0n) is 7.07. The highest BCUT2D eigenvalue weighted by Gasteiger charge is 1.87. The Morgan fingerprint density at radius 1 is 1.10 bits per heavy atom.